The first kappa shape index (κ1) is 14.0. The molecule has 100 valence electrons. The second kappa shape index (κ2) is 5.71. The van der Waals surface area contributed by atoms with E-state index in [1.54, 1.807) is 4.68 Å². The predicted octanol–water partition coefficient (Wildman–Crippen LogP) is 3.12. The van der Waals surface area contributed by atoms with E-state index in [4.69, 9.17) is 18.0 Å². The van der Waals surface area contributed by atoms with Crippen LogP contribution in [0.4, 0.5) is 11.4 Å². The van der Waals surface area contributed by atoms with Crippen LogP contribution in [0.5, 0.6) is 0 Å². The fourth-order valence-electron chi connectivity index (χ4n) is 1.88. The van der Waals surface area contributed by atoms with Gasteiger partial charge in [0.05, 0.1) is 11.4 Å². The fourth-order valence-corrected chi connectivity index (χ4v) is 2.42. The lowest BCUT2D eigenvalue weighted by Crippen LogP contribution is -2.12. The molecule has 0 saturated heterocycles. The first-order valence-corrected chi connectivity index (χ1v) is 7.10. The van der Waals surface area contributed by atoms with Gasteiger partial charge in [-0.3, -0.25) is 4.68 Å². The van der Waals surface area contributed by atoms with E-state index in [1.165, 1.54) is 0 Å². The summed E-state index contributed by atoms with van der Waals surface area (Å²) in [6, 6.07) is 5.78. The molecule has 1 aromatic carbocycles. The van der Waals surface area contributed by atoms with Gasteiger partial charge in [-0.15, -0.1) is 0 Å². The van der Waals surface area contributed by atoms with Crippen molar-refractivity contribution in [3.63, 3.8) is 0 Å². The zero-order chi connectivity index (χ0) is 14.0. The molecule has 0 aliphatic rings. The molecule has 0 amide bonds. The number of rotatable bonds is 4. The molecule has 0 atom stereocenters. The van der Waals surface area contributed by atoms with E-state index in [1.807, 2.05) is 31.4 Å². The summed E-state index contributed by atoms with van der Waals surface area (Å²) in [4.78, 5) is 0.372. The number of thiocarbonyl (C=S) groups is 1. The van der Waals surface area contributed by atoms with Gasteiger partial charge in [-0.25, -0.2) is 0 Å². The minimum atomic E-state index is 0.372. The van der Waals surface area contributed by atoms with E-state index in [2.05, 4.69) is 33.3 Å². The lowest BCUT2D eigenvalue weighted by molar-refractivity contribution is 0.746. The first-order valence-electron chi connectivity index (χ1n) is 5.90. The van der Waals surface area contributed by atoms with Crippen LogP contribution in [0.15, 0.2) is 28.9 Å². The van der Waals surface area contributed by atoms with Crippen molar-refractivity contribution in [3.8, 4) is 0 Å². The molecule has 6 heteroatoms. The maximum atomic E-state index is 5.75. The van der Waals surface area contributed by atoms with Gasteiger partial charge in [-0.1, -0.05) is 35.1 Å². The summed E-state index contributed by atoms with van der Waals surface area (Å²) < 4.78 is 2.76. The Balaban J connectivity index is 2.42. The third kappa shape index (κ3) is 3.13. The lowest BCUT2D eigenvalue weighted by Gasteiger charge is -2.11. The Morgan fingerprint density at radius 2 is 2.21 bits per heavy atom. The predicted molar refractivity (Wildman–Crippen MR) is 85.9 cm³/mol. The number of benzene rings is 1. The highest BCUT2D eigenvalue weighted by molar-refractivity contribution is 9.10. The molecule has 0 radical (unpaired) electrons. The van der Waals surface area contributed by atoms with Crippen LogP contribution in [-0.2, 0) is 13.5 Å². The van der Waals surface area contributed by atoms with Gasteiger partial charge < -0.3 is 11.1 Å². The van der Waals surface area contributed by atoms with Crippen molar-refractivity contribution in [3.05, 3.63) is 40.1 Å². The van der Waals surface area contributed by atoms with Crippen molar-refractivity contribution in [2.45, 2.75) is 13.3 Å². The standard InChI is InChI=1S/C13H15BrN4S/c1-3-10-12(7-18(2)17-10)16-11-6-8(14)4-5-9(11)13(15)19/h4-7,16H,3H2,1-2H3,(H2,15,19). The molecule has 2 aromatic rings. The molecule has 0 saturated carbocycles. The lowest BCUT2D eigenvalue weighted by atomic mass is 10.1. The molecule has 2 rings (SSSR count). The van der Waals surface area contributed by atoms with E-state index in [0.717, 1.165) is 33.5 Å². The number of aryl methyl sites for hydroxylation is 2. The van der Waals surface area contributed by atoms with E-state index in [0.29, 0.717) is 4.99 Å². The van der Waals surface area contributed by atoms with Crippen LogP contribution in [0.2, 0.25) is 0 Å². The molecule has 1 aromatic heterocycles. The topological polar surface area (TPSA) is 55.9 Å². The maximum absolute atomic E-state index is 5.75. The summed E-state index contributed by atoms with van der Waals surface area (Å²) in [5.41, 5.74) is 9.44. The molecule has 3 N–H and O–H groups in total. The average Bonchev–Trinajstić information content (AvgIpc) is 2.69. The van der Waals surface area contributed by atoms with Gasteiger partial charge in [0, 0.05) is 29.0 Å². The number of nitrogens with zero attached hydrogens (tertiary/aromatic N) is 2. The second-order valence-corrected chi connectivity index (χ2v) is 5.55. The van der Waals surface area contributed by atoms with Crippen molar-refractivity contribution in [2.75, 3.05) is 5.32 Å². The van der Waals surface area contributed by atoms with Crippen molar-refractivity contribution in [2.24, 2.45) is 12.8 Å². The van der Waals surface area contributed by atoms with Crippen molar-refractivity contribution in [1.29, 1.82) is 0 Å². The molecular formula is C13H15BrN4S. The van der Waals surface area contributed by atoms with Gasteiger partial charge in [-0.2, -0.15) is 5.10 Å². The summed E-state index contributed by atoms with van der Waals surface area (Å²) in [7, 11) is 1.90. The summed E-state index contributed by atoms with van der Waals surface area (Å²) in [5, 5.41) is 7.75. The van der Waals surface area contributed by atoms with Crippen LogP contribution in [0.3, 0.4) is 0 Å². The molecule has 1 heterocycles. The number of hydrogen-bond donors (Lipinski definition) is 2. The highest BCUT2D eigenvalue weighted by atomic mass is 79.9. The molecule has 0 aliphatic carbocycles. The molecule has 0 bridgehead atoms. The zero-order valence-electron chi connectivity index (χ0n) is 10.8. The Bertz CT molecular complexity index is 621. The van der Waals surface area contributed by atoms with Gasteiger partial charge in [0.15, 0.2) is 0 Å². The van der Waals surface area contributed by atoms with Gasteiger partial charge in [-0.05, 0) is 24.6 Å². The highest BCUT2D eigenvalue weighted by Gasteiger charge is 2.10. The van der Waals surface area contributed by atoms with Gasteiger partial charge in [0.25, 0.3) is 0 Å². The first-order chi connectivity index (χ1) is 9.01. The van der Waals surface area contributed by atoms with Crippen LogP contribution in [-0.4, -0.2) is 14.8 Å². The molecule has 4 nitrogen and oxygen atoms in total. The maximum Gasteiger partial charge on any atom is 0.106 e. The van der Waals surface area contributed by atoms with Gasteiger partial charge in [0.2, 0.25) is 0 Å². The number of anilines is 2. The van der Waals surface area contributed by atoms with Gasteiger partial charge >= 0.3 is 0 Å². The minimum Gasteiger partial charge on any atom is -0.389 e. The molecule has 19 heavy (non-hydrogen) atoms. The fraction of sp³-hybridized carbons (Fsp3) is 0.231. The zero-order valence-corrected chi connectivity index (χ0v) is 13.2. The minimum absolute atomic E-state index is 0.372. The Kier molecular flexibility index (Phi) is 4.21. The van der Waals surface area contributed by atoms with Crippen molar-refractivity contribution >= 4 is 44.5 Å². The van der Waals surface area contributed by atoms with E-state index in [9.17, 15) is 0 Å². The third-order valence-electron chi connectivity index (χ3n) is 2.76. The number of aromatic nitrogens is 2. The Labute approximate surface area is 126 Å². The number of nitrogens with one attached hydrogen (secondary N) is 1. The molecule has 0 fully saturated rings. The van der Waals surface area contributed by atoms with Gasteiger partial charge in [0.1, 0.15) is 4.99 Å². The van der Waals surface area contributed by atoms with E-state index >= 15 is 0 Å². The van der Waals surface area contributed by atoms with Crippen LogP contribution in [0.1, 0.15) is 18.2 Å². The Morgan fingerprint density at radius 3 is 2.84 bits per heavy atom. The normalized spacial score (nSPS) is 10.5. The summed E-state index contributed by atoms with van der Waals surface area (Å²) >= 11 is 8.53. The largest absolute Gasteiger partial charge is 0.389 e. The summed E-state index contributed by atoms with van der Waals surface area (Å²) in [5.74, 6) is 0. The van der Waals surface area contributed by atoms with Crippen LogP contribution in [0, 0.1) is 0 Å². The molecule has 0 spiro atoms. The summed E-state index contributed by atoms with van der Waals surface area (Å²) in [6.45, 7) is 2.07. The highest BCUT2D eigenvalue weighted by Crippen LogP contribution is 2.26. The van der Waals surface area contributed by atoms with Crippen LogP contribution in [0.25, 0.3) is 0 Å². The van der Waals surface area contributed by atoms with E-state index < -0.39 is 0 Å². The van der Waals surface area contributed by atoms with Crippen molar-refractivity contribution in [1.82, 2.24) is 9.78 Å². The van der Waals surface area contributed by atoms with Crippen LogP contribution < -0.4 is 11.1 Å². The Hall–Kier alpha value is -1.40. The molecular weight excluding hydrogens is 324 g/mol. The van der Waals surface area contributed by atoms with E-state index in [-0.39, 0.29) is 0 Å². The number of nitrogens with two attached hydrogens (primary N) is 1. The monoisotopic (exact) mass is 338 g/mol. The molecule has 0 aliphatic heterocycles. The number of hydrogen-bond acceptors (Lipinski definition) is 3. The van der Waals surface area contributed by atoms with Crippen LogP contribution >= 0.6 is 28.1 Å². The number of halogens is 1. The smallest absolute Gasteiger partial charge is 0.106 e. The third-order valence-corrected chi connectivity index (χ3v) is 3.47. The molecule has 0 unspecified atom stereocenters. The van der Waals surface area contributed by atoms with Crippen molar-refractivity contribution < 1.29 is 0 Å². The Morgan fingerprint density at radius 1 is 1.47 bits per heavy atom. The average molecular weight is 339 g/mol. The summed E-state index contributed by atoms with van der Waals surface area (Å²) in [6.07, 6.45) is 2.81. The SMILES string of the molecule is CCc1nn(C)cc1Nc1cc(Br)ccc1C(N)=S. The quantitative estimate of drug-likeness (QED) is 0.841. The second-order valence-electron chi connectivity index (χ2n) is 4.20.